The molecule has 1 aromatic rings. The first-order valence-corrected chi connectivity index (χ1v) is 8.11. The van der Waals surface area contributed by atoms with Crippen LogP contribution in [0.5, 0.6) is 0 Å². The van der Waals surface area contributed by atoms with Crippen LogP contribution in [0.25, 0.3) is 0 Å². The zero-order valence-corrected chi connectivity index (χ0v) is 12.3. The van der Waals surface area contributed by atoms with Crippen LogP contribution in [-0.4, -0.2) is 15.7 Å². The summed E-state index contributed by atoms with van der Waals surface area (Å²) in [6, 6.07) is 11.1. The van der Waals surface area contributed by atoms with Gasteiger partial charge >= 0.3 is 0 Å². The quantitative estimate of drug-likeness (QED) is 0.686. The summed E-state index contributed by atoms with van der Waals surface area (Å²) >= 11 is 0. The average molecular weight is 238 g/mol. The minimum absolute atomic E-state index is 0.725. The van der Waals surface area contributed by atoms with E-state index in [1.54, 1.807) is 4.90 Å². The van der Waals surface area contributed by atoms with E-state index in [0.29, 0.717) is 0 Å². The van der Waals surface area contributed by atoms with Crippen molar-refractivity contribution in [2.75, 3.05) is 0 Å². The average Bonchev–Trinajstić information content (AvgIpc) is 2.18. The fourth-order valence-electron chi connectivity index (χ4n) is 3.11. The molecule has 0 unspecified atom stereocenters. The first-order chi connectivity index (χ1) is 7.44. The van der Waals surface area contributed by atoms with Crippen LogP contribution in [0, 0.1) is 0 Å². The van der Waals surface area contributed by atoms with Gasteiger partial charge in [0.1, 0.15) is 0 Å². The van der Waals surface area contributed by atoms with E-state index in [4.69, 9.17) is 0 Å². The van der Waals surface area contributed by atoms with Crippen LogP contribution >= 0.6 is 10.0 Å². The van der Waals surface area contributed by atoms with Crippen LogP contribution in [0.4, 0.5) is 0 Å². The summed E-state index contributed by atoms with van der Waals surface area (Å²) in [6.45, 7) is 14.3. The van der Waals surface area contributed by atoms with Crippen molar-refractivity contribution in [3.05, 3.63) is 30.3 Å². The minimum atomic E-state index is -0.725. The predicted octanol–water partition coefficient (Wildman–Crippen LogP) is 5.08. The Morgan fingerprint density at radius 2 is 1.06 bits per heavy atom. The standard InChI is InChI=1S/C15H26S/c1-12(2)16(13(3)4,14(5)6)15-10-8-7-9-11-15/h7-14H,1-6H3. The van der Waals surface area contributed by atoms with E-state index in [1.165, 1.54) is 0 Å². The van der Waals surface area contributed by atoms with E-state index in [0.717, 1.165) is 15.7 Å². The molecule has 0 aliphatic carbocycles. The number of hydrogen-bond donors (Lipinski definition) is 0. The van der Waals surface area contributed by atoms with Gasteiger partial charge in [-0.1, -0.05) is 71.9 Å². The maximum atomic E-state index is 2.39. The topological polar surface area (TPSA) is 0 Å². The number of hydrogen-bond acceptors (Lipinski definition) is 0. The first kappa shape index (κ1) is 13.6. The Morgan fingerprint density at radius 1 is 0.688 bits per heavy atom. The molecule has 0 saturated carbocycles. The molecule has 0 spiro atoms. The van der Waals surface area contributed by atoms with Gasteiger partial charge in [0.2, 0.25) is 0 Å². The van der Waals surface area contributed by atoms with E-state index < -0.39 is 10.0 Å². The van der Waals surface area contributed by atoms with Crippen LogP contribution < -0.4 is 0 Å². The van der Waals surface area contributed by atoms with Gasteiger partial charge in [-0.25, -0.2) is 10.0 Å². The van der Waals surface area contributed by atoms with Crippen LogP contribution in [0.15, 0.2) is 35.2 Å². The van der Waals surface area contributed by atoms with Crippen molar-refractivity contribution in [2.24, 2.45) is 0 Å². The summed E-state index contributed by atoms with van der Waals surface area (Å²) in [5.74, 6) is 0. The highest BCUT2D eigenvalue weighted by Gasteiger charge is 2.35. The molecular weight excluding hydrogens is 212 g/mol. The van der Waals surface area contributed by atoms with E-state index in [9.17, 15) is 0 Å². The van der Waals surface area contributed by atoms with Gasteiger partial charge in [-0.15, -0.1) is 0 Å². The molecule has 0 atom stereocenters. The molecule has 0 aromatic heterocycles. The molecule has 92 valence electrons. The lowest BCUT2D eigenvalue weighted by atomic mass is 10.4. The molecule has 0 heterocycles. The molecule has 0 amide bonds. The largest absolute Gasteiger partial charge is 0.207 e. The second-order valence-corrected chi connectivity index (χ2v) is 10.0. The SMILES string of the molecule is CC(C)S(c1ccccc1)(C(C)C)C(C)C. The maximum Gasteiger partial charge on any atom is -0.00922 e. The zero-order valence-electron chi connectivity index (χ0n) is 11.5. The molecule has 0 N–H and O–H groups in total. The second-order valence-electron chi connectivity index (χ2n) is 5.22. The normalized spacial score (nSPS) is 13.8. The van der Waals surface area contributed by atoms with E-state index >= 15 is 0 Å². The van der Waals surface area contributed by atoms with Gasteiger partial charge in [-0.3, -0.25) is 0 Å². The zero-order chi connectivity index (χ0) is 12.3. The maximum absolute atomic E-state index is 2.39. The molecule has 16 heavy (non-hydrogen) atoms. The molecule has 1 heteroatoms. The molecule has 0 saturated heterocycles. The second kappa shape index (κ2) is 5.27. The van der Waals surface area contributed by atoms with E-state index in [2.05, 4.69) is 71.9 Å². The van der Waals surface area contributed by atoms with Gasteiger partial charge < -0.3 is 0 Å². The predicted molar refractivity (Wildman–Crippen MR) is 77.7 cm³/mol. The lowest BCUT2D eigenvalue weighted by molar-refractivity contribution is 0.935. The van der Waals surface area contributed by atoms with Gasteiger partial charge in [0.05, 0.1) is 0 Å². The molecule has 1 aromatic carbocycles. The molecule has 0 nitrogen and oxygen atoms in total. The number of benzene rings is 1. The Kier molecular flexibility index (Phi) is 4.49. The third-order valence-electron chi connectivity index (χ3n) is 3.49. The minimum Gasteiger partial charge on any atom is -0.207 e. The fraction of sp³-hybridized carbons (Fsp3) is 0.600. The molecule has 0 aliphatic heterocycles. The Hall–Kier alpha value is -0.430. The highest BCUT2D eigenvalue weighted by molar-refractivity contribution is 8.35. The van der Waals surface area contributed by atoms with Crippen LogP contribution in [0.2, 0.25) is 0 Å². The molecule has 0 aliphatic rings. The smallest absolute Gasteiger partial charge is 0.00922 e. The lowest BCUT2D eigenvalue weighted by Gasteiger charge is -2.51. The lowest BCUT2D eigenvalue weighted by Crippen LogP contribution is -2.28. The molecule has 0 bridgehead atoms. The summed E-state index contributed by atoms with van der Waals surface area (Å²) in [7, 11) is -0.725. The van der Waals surface area contributed by atoms with Gasteiger partial charge in [-0.05, 0) is 20.6 Å². The highest BCUT2D eigenvalue weighted by Crippen LogP contribution is 2.66. The summed E-state index contributed by atoms with van der Waals surface area (Å²) in [5.41, 5.74) is 0. The third-order valence-corrected chi connectivity index (χ3v) is 9.26. The molecule has 1 rings (SSSR count). The van der Waals surface area contributed by atoms with Gasteiger partial charge in [0.25, 0.3) is 0 Å². The van der Waals surface area contributed by atoms with Crippen LogP contribution in [0.1, 0.15) is 41.5 Å². The molecule has 0 radical (unpaired) electrons. The van der Waals surface area contributed by atoms with Crippen molar-refractivity contribution in [2.45, 2.75) is 62.2 Å². The Balaban J connectivity index is 3.34. The molecular formula is C15H26S. The monoisotopic (exact) mass is 238 g/mol. The van der Waals surface area contributed by atoms with Crippen molar-refractivity contribution in [3.8, 4) is 0 Å². The fourth-order valence-corrected chi connectivity index (χ4v) is 8.63. The first-order valence-electron chi connectivity index (χ1n) is 6.29. The van der Waals surface area contributed by atoms with Gasteiger partial charge in [-0.2, -0.15) is 0 Å². The van der Waals surface area contributed by atoms with Crippen molar-refractivity contribution in [1.82, 2.24) is 0 Å². The summed E-state index contributed by atoms with van der Waals surface area (Å²) < 4.78 is 0. The van der Waals surface area contributed by atoms with Crippen molar-refractivity contribution < 1.29 is 0 Å². The van der Waals surface area contributed by atoms with Crippen molar-refractivity contribution in [1.29, 1.82) is 0 Å². The van der Waals surface area contributed by atoms with Gasteiger partial charge in [0, 0.05) is 0 Å². The number of rotatable bonds is 4. The van der Waals surface area contributed by atoms with Crippen LogP contribution in [0.3, 0.4) is 0 Å². The highest BCUT2D eigenvalue weighted by atomic mass is 32.3. The Morgan fingerprint density at radius 3 is 1.38 bits per heavy atom. The Bertz CT molecular complexity index is 290. The summed E-state index contributed by atoms with van der Waals surface area (Å²) in [6.07, 6.45) is 0. The van der Waals surface area contributed by atoms with Crippen LogP contribution in [-0.2, 0) is 0 Å². The van der Waals surface area contributed by atoms with Crippen molar-refractivity contribution in [3.63, 3.8) is 0 Å². The molecule has 0 fully saturated rings. The van der Waals surface area contributed by atoms with Gasteiger partial charge in [0.15, 0.2) is 0 Å². The van der Waals surface area contributed by atoms with E-state index in [-0.39, 0.29) is 0 Å². The third kappa shape index (κ3) is 2.15. The van der Waals surface area contributed by atoms with Crippen molar-refractivity contribution >= 4 is 10.0 Å². The summed E-state index contributed by atoms with van der Waals surface area (Å²) in [4.78, 5) is 1.58. The Labute approximate surface area is 103 Å². The summed E-state index contributed by atoms with van der Waals surface area (Å²) in [5, 5.41) is 2.24. The van der Waals surface area contributed by atoms with E-state index in [1.807, 2.05) is 0 Å².